The van der Waals surface area contributed by atoms with Gasteiger partial charge < -0.3 is 4.74 Å². The SMILES string of the molecule is CCCCCCCCCCCC(=O)C(=O)/C=C/C(=O)OC. The zero-order valence-corrected chi connectivity index (χ0v) is 13.4. The van der Waals surface area contributed by atoms with Crippen LogP contribution in [-0.4, -0.2) is 24.6 Å². The summed E-state index contributed by atoms with van der Waals surface area (Å²) < 4.78 is 4.35. The summed E-state index contributed by atoms with van der Waals surface area (Å²) in [6, 6.07) is 0. The summed E-state index contributed by atoms with van der Waals surface area (Å²) in [5, 5.41) is 0. The highest BCUT2D eigenvalue weighted by atomic mass is 16.5. The summed E-state index contributed by atoms with van der Waals surface area (Å²) in [4.78, 5) is 33.7. The van der Waals surface area contributed by atoms with Crippen LogP contribution in [0.4, 0.5) is 0 Å². The van der Waals surface area contributed by atoms with Gasteiger partial charge in [-0.25, -0.2) is 4.79 Å². The first kappa shape index (κ1) is 19.6. The van der Waals surface area contributed by atoms with Crippen molar-refractivity contribution in [3.63, 3.8) is 0 Å². The maximum Gasteiger partial charge on any atom is 0.330 e. The van der Waals surface area contributed by atoms with E-state index in [0.717, 1.165) is 31.4 Å². The molecule has 120 valence electrons. The molecule has 0 saturated carbocycles. The first-order valence-corrected chi connectivity index (χ1v) is 7.95. The van der Waals surface area contributed by atoms with Crippen molar-refractivity contribution >= 4 is 17.5 Å². The van der Waals surface area contributed by atoms with Gasteiger partial charge in [-0.15, -0.1) is 0 Å². The number of carbonyl (C=O) groups excluding carboxylic acids is 3. The number of rotatable bonds is 13. The average Bonchev–Trinajstić information content (AvgIpc) is 2.50. The van der Waals surface area contributed by atoms with Gasteiger partial charge in [-0.1, -0.05) is 58.3 Å². The predicted octanol–water partition coefficient (Wildman–Crippen LogP) is 3.77. The lowest BCUT2D eigenvalue weighted by atomic mass is 10.0. The molecule has 0 aromatic heterocycles. The minimum atomic E-state index is -0.626. The fraction of sp³-hybridized carbons (Fsp3) is 0.706. The van der Waals surface area contributed by atoms with Crippen LogP contribution in [0.3, 0.4) is 0 Å². The number of hydrogen-bond donors (Lipinski definition) is 0. The molecular formula is C17H28O4. The second-order valence-electron chi connectivity index (χ2n) is 5.22. The third-order valence-corrected chi connectivity index (χ3v) is 3.35. The minimum Gasteiger partial charge on any atom is -0.466 e. The molecule has 0 N–H and O–H groups in total. The number of esters is 1. The van der Waals surface area contributed by atoms with Crippen LogP contribution in [0, 0.1) is 0 Å². The summed E-state index contributed by atoms with van der Waals surface area (Å²) in [6.07, 6.45) is 12.7. The highest BCUT2D eigenvalue weighted by Crippen LogP contribution is 2.10. The Hall–Kier alpha value is -1.45. The maximum absolute atomic E-state index is 11.5. The highest BCUT2D eigenvalue weighted by Gasteiger charge is 2.10. The number of ether oxygens (including phenoxy) is 1. The van der Waals surface area contributed by atoms with Gasteiger partial charge in [0.15, 0.2) is 0 Å². The Morgan fingerprint density at radius 3 is 1.86 bits per heavy atom. The van der Waals surface area contributed by atoms with Crippen molar-refractivity contribution in [3.8, 4) is 0 Å². The van der Waals surface area contributed by atoms with Crippen molar-refractivity contribution in [2.24, 2.45) is 0 Å². The average molecular weight is 296 g/mol. The number of unbranched alkanes of at least 4 members (excludes halogenated alkanes) is 8. The molecule has 0 bridgehead atoms. The number of methoxy groups -OCH3 is 1. The Bertz CT molecular complexity index is 345. The van der Waals surface area contributed by atoms with Crippen LogP contribution >= 0.6 is 0 Å². The molecule has 0 aromatic rings. The molecule has 4 nitrogen and oxygen atoms in total. The largest absolute Gasteiger partial charge is 0.466 e. The second kappa shape index (κ2) is 13.5. The van der Waals surface area contributed by atoms with Gasteiger partial charge in [-0.2, -0.15) is 0 Å². The molecule has 0 aromatic carbocycles. The Balaban J connectivity index is 3.55. The monoisotopic (exact) mass is 296 g/mol. The summed E-state index contributed by atoms with van der Waals surface area (Å²) >= 11 is 0. The third kappa shape index (κ3) is 12.0. The summed E-state index contributed by atoms with van der Waals surface area (Å²) in [5.41, 5.74) is 0. The summed E-state index contributed by atoms with van der Waals surface area (Å²) in [6.45, 7) is 2.21. The molecule has 21 heavy (non-hydrogen) atoms. The molecule has 0 aliphatic heterocycles. The first-order valence-electron chi connectivity index (χ1n) is 7.95. The van der Waals surface area contributed by atoms with Gasteiger partial charge in [0, 0.05) is 12.5 Å². The van der Waals surface area contributed by atoms with E-state index in [4.69, 9.17) is 0 Å². The van der Waals surface area contributed by atoms with E-state index >= 15 is 0 Å². The van der Waals surface area contributed by atoms with E-state index in [-0.39, 0.29) is 6.42 Å². The topological polar surface area (TPSA) is 60.4 Å². The standard InChI is InChI=1S/C17H28O4/c1-3-4-5-6-7-8-9-10-11-12-15(18)16(19)13-14-17(20)21-2/h13-14H,3-12H2,1-2H3/b14-13+. The van der Waals surface area contributed by atoms with E-state index in [0.29, 0.717) is 0 Å². The minimum absolute atomic E-state index is 0.264. The molecule has 0 aliphatic rings. The van der Waals surface area contributed by atoms with Gasteiger partial charge in [0.2, 0.25) is 11.6 Å². The van der Waals surface area contributed by atoms with E-state index in [2.05, 4.69) is 11.7 Å². The van der Waals surface area contributed by atoms with E-state index in [9.17, 15) is 14.4 Å². The smallest absolute Gasteiger partial charge is 0.330 e. The Morgan fingerprint density at radius 1 is 0.810 bits per heavy atom. The fourth-order valence-electron chi connectivity index (χ4n) is 2.02. The Labute approximate surface area is 127 Å². The quantitative estimate of drug-likeness (QED) is 0.225. The summed E-state index contributed by atoms with van der Waals surface area (Å²) in [7, 11) is 1.22. The number of hydrogen-bond acceptors (Lipinski definition) is 4. The number of allylic oxidation sites excluding steroid dienone is 1. The van der Waals surface area contributed by atoms with Gasteiger partial charge in [-0.05, 0) is 12.5 Å². The zero-order valence-electron chi connectivity index (χ0n) is 13.4. The van der Waals surface area contributed by atoms with Crippen molar-refractivity contribution in [1.29, 1.82) is 0 Å². The number of Topliss-reactive ketones (excluding diaryl/α,β-unsaturated/α-hetero) is 1. The van der Waals surface area contributed by atoms with Gasteiger partial charge in [0.05, 0.1) is 7.11 Å². The number of carbonyl (C=O) groups is 3. The molecule has 4 heteroatoms. The van der Waals surface area contributed by atoms with Crippen LogP contribution in [0.25, 0.3) is 0 Å². The van der Waals surface area contributed by atoms with Gasteiger partial charge in [0.25, 0.3) is 0 Å². The Morgan fingerprint density at radius 2 is 1.33 bits per heavy atom. The van der Waals surface area contributed by atoms with Crippen molar-refractivity contribution in [2.45, 2.75) is 71.1 Å². The van der Waals surface area contributed by atoms with Crippen LogP contribution in [-0.2, 0) is 19.1 Å². The number of ketones is 2. The molecule has 0 heterocycles. The summed E-state index contributed by atoms with van der Waals surface area (Å²) in [5.74, 6) is -1.68. The Kier molecular flexibility index (Phi) is 12.6. The van der Waals surface area contributed by atoms with E-state index in [1.165, 1.54) is 45.6 Å². The normalized spacial score (nSPS) is 10.8. The van der Waals surface area contributed by atoms with Crippen LogP contribution in [0.5, 0.6) is 0 Å². The highest BCUT2D eigenvalue weighted by molar-refractivity contribution is 6.41. The molecule has 0 atom stereocenters. The predicted molar refractivity (Wildman–Crippen MR) is 83.0 cm³/mol. The lowest BCUT2D eigenvalue weighted by Crippen LogP contribution is -2.11. The van der Waals surface area contributed by atoms with Crippen LogP contribution in [0.2, 0.25) is 0 Å². The lowest BCUT2D eigenvalue weighted by molar-refractivity contribution is -0.135. The molecule has 0 saturated heterocycles. The van der Waals surface area contributed by atoms with Crippen LogP contribution in [0.15, 0.2) is 12.2 Å². The molecule has 0 rings (SSSR count). The van der Waals surface area contributed by atoms with Gasteiger partial charge in [-0.3, -0.25) is 9.59 Å². The van der Waals surface area contributed by atoms with E-state index in [1.807, 2.05) is 0 Å². The fourth-order valence-corrected chi connectivity index (χ4v) is 2.02. The van der Waals surface area contributed by atoms with Crippen LogP contribution in [0.1, 0.15) is 71.1 Å². The lowest BCUT2D eigenvalue weighted by Gasteiger charge is -2.01. The van der Waals surface area contributed by atoms with Crippen molar-refractivity contribution in [3.05, 3.63) is 12.2 Å². The molecular weight excluding hydrogens is 268 g/mol. The van der Waals surface area contributed by atoms with Crippen molar-refractivity contribution in [1.82, 2.24) is 0 Å². The molecule has 0 spiro atoms. The van der Waals surface area contributed by atoms with Crippen molar-refractivity contribution < 1.29 is 19.1 Å². The molecule has 0 unspecified atom stereocenters. The van der Waals surface area contributed by atoms with Crippen LogP contribution < -0.4 is 0 Å². The van der Waals surface area contributed by atoms with Gasteiger partial charge in [0.1, 0.15) is 0 Å². The zero-order chi connectivity index (χ0) is 15.9. The first-order chi connectivity index (χ1) is 10.1. The third-order valence-electron chi connectivity index (χ3n) is 3.35. The molecule has 0 radical (unpaired) electrons. The van der Waals surface area contributed by atoms with E-state index < -0.39 is 17.5 Å². The maximum atomic E-state index is 11.5. The molecule has 0 fully saturated rings. The molecule has 0 aliphatic carbocycles. The van der Waals surface area contributed by atoms with E-state index in [1.54, 1.807) is 0 Å². The second-order valence-corrected chi connectivity index (χ2v) is 5.22. The van der Waals surface area contributed by atoms with Gasteiger partial charge >= 0.3 is 5.97 Å². The van der Waals surface area contributed by atoms with Crippen molar-refractivity contribution in [2.75, 3.05) is 7.11 Å². The molecule has 0 amide bonds.